The predicted octanol–water partition coefficient (Wildman–Crippen LogP) is 3.14. The minimum Gasteiger partial charge on any atom is -0.481 e. The van der Waals surface area contributed by atoms with Crippen LogP contribution in [0.4, 0.5) is 4.79 Å². The summed E-state index contributed by atoms with van der Waals surface area (Å²) in [5, 5.41) is 14.2. The average Bonchev–Trinajstić information content (AvgIpc) is 3.04. The average molecular weight is 410 g/mol. The highest BCUT2D eigenvalue weighted by Crippen LogP contribution is 2.44. The number of aliphatic carboxylic acids is 1. The van der Waals surface area contributed by atoms with Gasteiger partial charge in [-0.05, 0) is 36.1 Å². The lowest BCUT2D eigenvalue weighted by molar-refractivity contribution is -0.146. The predicted molar refractivity (Wildman–Crippen MR) is 112 cm³/mol. The van der Waals surface area contributed by atoms with Gasteiger partial charge < -0.3 is 20.5 Å². The number of carbonyl (C=O) groups is 3. The highest BCUT2D eigenvalue weighted by atomic mass is 16.5. The Kier molecular flexibility index (Phi) is 6.40. The molecule has 30 heavy (non-hydrogen) atoms. The van der Waals surface area contributed by atoms with Crippen molar-refractivity contribution in [1.82, 2.24) is 10.6 Å². The van der Waals surface area contributed by atoms with E-state index < -0.39 is 17.5 Å². The normalized spacial score (nSPS) is 12.6. The van der Waals surface area contributed by atoms with Gasteiger partial charge in [0.05, 0.1) is 5.41 Å². The molecule has 2 amide bonds. The summed E-state index contributed by atoms with van der Waals surface area (Å²) in [7, 11) is 0. The third-order valence-corrected chi connectivity index (χ3v) is 5.27. The van der Waals surface area contributed by atoms with E-state index in [2.05, 4.69) is 22.8 Å². The Labute approximate surface area is 175 Å². The van der Waals surface area contributed by atoms with Gasteiger partial charge in [0.2, 0.25) is 5.91 Å². The fourth-order valence-corrected chi connectivity index (χ4v) is 3.41. The molecule has 0 bridgehead atoms. The number of ether oxygens (including phenoxy) is 1. The smallest absolute Gasteiger partial charge is 0.407 e. The molecule has 0 aromatic heterocycles. The van der Waals surface area contributed by atoms with Gasteiger partial charge in [-0.3, -0.25) is 9.59 Å². The van der Waals surface area contributed by atoms with E-state index in [4.69, 9.17) is 9.84 Å². The van der Waals surface area contributed by atoms with Crippen molar-refractivity contribution in [3.05, 3.63) is 59.7 Å². The van der Waals surface area contributed by atoms with E-state index in [9.17, 15) is 14.4 Å². The summed E-state index contributed by atoms with van der Waals surface area (Å²) in [6.07, 6.45) is -0.546. The van der Waals surface area contributed by atoms with Crippen LogP contribution in [-0.4, -0.2) is 42.8 Å². The summed E-state index contributed by atoms with van der Waals surface area (Å²) in [4.78, 5) is 35.0. The van der Waals surface area contributed by atoms with Crippen molar-refractivity contribution >= 4 is 18.0 Å². The van der Waals surface area contributed by atoms with Gasteiger partial charge in [0.1, 0.15) is 6.61 Å². The Morgan fingerprint density at radius 1 is 0.967 bits per heavy atom. The van der Waals surface area contributed by atoms with Crippen molar-refractivity contribution in [3.8, 4) is 11.1 Å². The van der Waals surface area contributed by atoms with Crippen molar-refractivity contribution in [3.63, 3.8) is 0 Å². The number of rotatable bonds is 8. The van der Waals surface area contributed by atoms with Crippen molar-refractivity contribution in [2.24, 2.45) is 5.41 Å². The third-order valence-electron chi connectivity index (χ3n) is 5.27. The molecule has 0 atom stereocenters. The maximum atomic E-state index is 12.1. The second-order valence-corrected chi connectivity index (χ2v) is 7.97. The first-order chi connectivity index (χ1) is 14.3. The zero-order chi connectivity index (χ0) is 21.7. The molecule has 1 aliphatic rings. The van der Waals surface area contributed by atoms with E-state index in [0.717, 1.165) is 22.3 Å². The van der Waals surface area contributed by atoms with Crippen LogP contribution >= 0.6 is 0 Å². The maximum Gasteiger partial charge on any atom is 0.407 e. The van der Waals surface area contributed by atoms with Crippen molar-refractivity contribution in [1.29, 1.82) is 0 Å². The minimum absolute atomic E-state index is 0.0200. The van der Waals surface area contributed by atoms with Crippen LogP contribution in [0.15, 0.2) is 48.5 Å². The Bertz CT molecular complexity index is 909. The number of alkyl carbamates (subject to hydrolysis) is 1. The molecule has 1 aliphatic carbocycles. The van der Waals surface area contributed by atoms with Gasteiger partial charge >= 0.3 is 12.1 Å². The van der Waals surface area contributed by atoms with Gasteiger partial charge in [-0.1, -0.05) is 48.5 Å². The number of nitrogens with one attached hydrogen (secondary N) is 2. The molecule has 0 unspecified atom stereocenters. The largest absolute Gasteiger partial charge is 0.481 e. The second kappa shape index (κ2) is 8.98. The molecule has 2 aromatic rings. The van der Waals surface area contributed by atoms with Crippen LogP contribution in [0.25, 0.3) is 11.1 Å². The van der Waals surface area contributed by atoms with E-state index in [1.54, 1.807) is 0 Å². The van der Waals surface area contributed by atoms with Crippen LogP contribution in [0.5, 0.6) is 0 Å². The number of hydrogen-bond donors (Lipinski definition) is 3. The lowest BCUT2D eigenvalue weighted by Gasteiger charge is -2.19. The quantitative estimate of drug-likeness (QED) is 0.620. The van der Waals surface area contributed by atoms with Crippen LogP contribution in [0.2, 0.25) is 0 Å². The number of carboxylic acids is 1. The third kappa shape index (κ3) is 4.79. The van der Waals surface area contributed by atoms with E-state index in [0.29, 0.717) is 0 Å². The van der Waals surface area contributed by atoms with Gasteiger partial charge in [0, 0.05) is 25.4 Å². The Hall–Kier alpha value is -3.35. The fourth-order valence-electron chi connectivity index (χ4n) is 3.41. The number of carbonyl (C=O) groups excluding carboxylic acids is 2. The molecule has 0 aliphatic heterocycles. The number of carboxylic acid groups (broad SMARTS) is 1. The molecule has 0 saturated carbocycles. The first kappa shape index (κ1) is 21.4. The topological polar surface area (TPSA) is 105 Å². The Morgan fingerprint density at radius 2 is 1.53 bits per heavy atom. The van der Waals surface area contributed by atoms with Gasteiger partial charge in [0.25, 0.3) is 0 Å². The van der Waals surface area contributed by atoms with Crippen LogP contribution in [0.1, 0.15) is 37.3 Å². The highest BCUT2D eigenvalue weighted by molar-refractivity contribution is 5.80. The molecule has 7 nitrogen and oxygen atoms in total. The second-order valence-electron chi connectivity index (χ2n) is 7.97. The van der Waals surface area contributed by atoms with Crippen molar-refractivity contribution in [2.45, 2.75) is 26.2 Å². The first-order valence-electron chi connectivity index (χ1n) is 9.88. The number of amides is 2. The molecule has 0 fully saturated rings. The molecule has 2 aromatic carbocycles. The van der Waals surface area contributed by atoms with Crippen LogP contribution < -0.4 is 10.6 Å². The maximum absolute atomic E-state index is 12.1. The molecule has 0 radical (unpaired) electrons. The van der Waals surface area contributed by atoms with Crippen molar-refractivity contribution in [2.75, 3.05) is 19.7 Å². The highest BCUT2D eigenvalue weighted by Gasteiger charge is 2.29. The van der Waals surface area contributed by atoms with Crippen molar-refractivity contribution < 1.29 is 24.2 Å². The molecule has 3 rings (SSSR count). The van der Waals surface area contributed by atoms with Gasteiger partial charge in [-0.25, -0.2) is 4.79 Å². The summed E-state index contributed by atoms with van der Waals surface area (Å²) in [5.41, 5.74) is 3.53. The lowest BCUT2D eigenvalue weighted by Crippen LogP contribution is -2.40. The summed E-state index contributed by atoms with van der Waals surface area (Å²) in [6, 6.07) is 16.2. The van der Waals surface area contributed by atoms with E-state index >= 15 is 0 Å². The monoisotopic (exact) mass is 410 g/mol. The number of hydrogen-bond acceptors (Lipinski definition) is 4. The Morgan fingerprint density at radius 3 is 2.10 bits per heavy atom. The first-order valence-corrected chi connectivity index (χ1v) is 9.88. The van der Waals surface area contributed by atoms with E-state index in [1.807, 2.05) is 36.4 Å². The molecule has 0 spiro atoms. The zero-order valence-electron chi connectivity index (χ0n) is 17.1. The molecule has 0 saturated heterocycles. The summed E-state index contributed by atoms with van der Waals surface area (Å²) in [6.45, 7) is 3.40. The number of benzene rings is 2. The number of fused-ring (bicyclic) bond motifs is 3. The molecule has 0 heterocycles. The molecule has 3 N–H and O–H groups in total. The van der Waals surface area contributed by atoms with Gasteiger partial charge in [-0.15, -0.1) is 0 Å². The molecular weight excluding hydrogens is 384 g/mol. The molecular formula is C23H26N2O5. The summed E-state index contributed by atoms with van der Waals surface area (Å²) in [5.74, 6) is -1.34. The van der Waals surface area contributed by atoms with Gasteiger partial charge in [-0.2, -0.15) is 0 Å². The van der Waals surface area contributed by atoms with Gasteiger partial charge in [0.15, 0.2) is 0 Å². The molecule has 158 valence electrons. The SMILES string of the molecule is CC(C)(CNC(=O)CCNC(=O)OCC1c2ccccc2-c2ccccc21)C(=O)O. The zero-order valence-corrected chi connectivity index (χ0v) is 17.1. The van der Waals surface area contributed by atoms with Crippen LogP contribution in [0, 0.1) is 5.41 Å². The molecule has 7 heteroatoms. The standard InChI is InChI=1S/C23H26N2O5/c1-23(2,21(27)28)14-25-20(26)11-12-24-22(29)30-13-19-17-9-5-3-7-15(17)16-8-4-6-10-18(16)19/h3-10,19H,11-14H2,1-2H3,(H,24,29)(H,25,26)(H,27,28). The van der Waals surface area contributed by atoms with E-state index in [-0.39, 0.29) is 37.9 Å². The Balaban J connectivity index is 1.46. The van der Waals surface area contributed by atoms with Crippen LogP contribution in [-0.2, 0) is 14.3 Å². The summed E-state index contributed by atoms with van der Waals surface area (Å²) < 4.78 is 5.41. The van der Waals surface area contributed by atoms with Crippen LogP contribution in [0.3, 0.4) is 0 Å². The van der Waals surface area contributed by atoms with E-state index in [1.165, 1.54) is 13.8 Å². The lowest BCUT2D eigenvalue weighted by atomic mass is 9.94. The summed E-state index contributed by atoms with van der Waals surface area (Å²) >= 11 is 0. The fraction of sp³-hybridized carbons (Fsp3) is 0.348. The minimum atomic E-state index is -1.05.